The predicted molar refractivity (Wildman–Crippen MR) is 168 cm³/mol. The summed E-state index contributed by atoms with van der Waals surface area (Å²) in [4.78, 5) is 12.1. The summed E-state index contributed by atoms with van der Waals surface area (Å²) in [5.74, 6) is 1.30. The van der Waals surface area contributed by atoms with E-state index in [2.05, 4.69) is 64.2 Å². The van der Waals surface area contributed by atoms with Crippen LogP contribution in [-0.2, 0) is 40.0 Å². The monoisotopic (exact) mass is 573 g/mol. The van der Waals surface area contributed by atoms with Crippen LogP contribution < -0.4 is 10.5 Å². The van der Waals surface area contributed by atoms with Gasteiger partial charge in [-0.05, 0) is 72.1 Å². The summed E-state index contributed by atoms with van der Waals surface area (Å²) < 4.78 is 24.3. The third-order valence-corrected chi connectivity index (χ3v) is 12.4. The fraction of sp³-hybridized carbons (Fsp3) is 0.382. The van der Waals surface area contributed by atoms with E-state index in [0.29, 0.717) is 38.5 Å². The summed E-state index contributed by atoms with van der Waals surface area (Å²) in [6.07, 6.45) is 0.874. The average Bonchev–Trinajstić information content (AvgIpc) is 3.34. The Morgan fingerprint density at radius 2 is 1.76 bits per heavy atom. The van der Waals surface area contributed by atoms with Crippen LogP contribution in [0.3, 0.4) is 0 Å². The van der Waals surface area contributed by atoms with Gasteiger partial charge in [0.1, 0.15) is 23.7 Å². The SMILES string of the molecule is CCOC(=O)Cc1ccccc1OCc1cc(-c2cccc(CN)c2)c2oc(CCO[Si](C)(C)C(C)(C)C)cc2c1. The van der Waals surface area contributed by atoms with Gasteiger partial charge < -0.3 is 24.1 Å². The number of para-hydroxylation sites is 1. The lowest BCUT2D eigenvalue weighted by molar-refractivity contribution is -0.142. The number of esters is 1. The molecule has 0 fully saturated rings. The van der Waals surface area contributed by atoms with Crippen LogP contribution in [0.5, 0.6) is 5.75 Å². The third-order valence-electron chi connectivity index (χ3n) is 7.83. The van der Waals surface area contributed by atoms with Gasteiger partial charge in [0.15, 0.2) is 8.32 Å². The van der Waals surface area contributed by atoms with Crippen molar-refractivity contribution in [2.45, 2.75) is 71.8 Å². The third kappa shape index (κ3) is 7.67. The van der Waals surface area contributed by atoms with Gasteiger partial charge in [-0.25, -0.2) is 0 Å². The van der Waals surface area contributed by atoms with Crippen molar-refractivity contribution in [3.8, 4) is 16.9 Å². The van der Waals surface area contributed by atoms with Gasteiger partial charge in [-0.2, -0.15) is 0 Å². The highest BCUT2D eigenvalue weighted by atomic mass is 28.4. The van der Waals surface area contributed by atoms with Crippen LogP contribution in [0.1, 0.15) is 50.1 Å². The lowest BCUT2D eigenvalue weighted by Crippen LogP contribution is -2.41. The number of carbonyl (C=O) groups excluding carboxylic acids is 1. The van der Waals surface area contributed by atoms with Crippen molar-refractivity contribution < 1.29 is 23.1 Å². The van der Waals surface area contributed by atoms with Gasteiger partial charge in [0, 0.05) is 36.1 Å². The molecule has 41 heavy (non-hydrogen) atoms. The molecule has 0 atom stereocenters. The van der Waals surface area contributed by atoms with Gasteiger partial charge in [-0.1, -0.05) is 57.2 Å². The molecule has 0 unspecified atom stereocenters. The van der Waals surface area contributed by atoms with Crippen molar-refractivity contribution in [3.05, 3.63) is 89.2 Å². The van der Waals surface area contributed by atoms with E-state index in [4.69, 9.17) is 24.1 Å². The molecular weight excluding hydrogens is 530 g/mol. The van der Waals surface area contributed by atoms with Gasteiger partial charge in [-0.15, -0.1) is 0 Å². The highest BCUT2D eigenvalue weighted by Crippen LogP contribution is 2.37. The van der Waals surface area contributed by atoms with Crippen LogP contribution in [0.2, 0.25) is 18.1 Å². The molecule has 218 valence electrons. The van der Waals surface area contributed by atoms with Crippen molar-refractivity contribution in [2.75, 3.05) is 13.2 Å². The Hall–Kier alpha value is -3.39. The van der Waals surface area contributed by atoms with Crippen LogP contribution in [0, 0.1) is 0 Å². The second-order valence-electron chi connectivity index (χ2n) is 11.9. The molecule has 6 nitrogen and oxygen atoms in total. The minimum Gasteiger partial charge on any atom is -0.489 e. The number of furan rings is 1. The molecule has 0 aliphatic rings. The number of carbonyl (C=O) groups is 1. The molecule has 7 heteroatoms. The Balaban J connectivity index is 1.62. The first kappa shape index (κ1) is 30.6. The Bertz CT molecular complexity index is 1480. The van der Waals surface area contributed by atoms with E-state index in [1.807, 2.05) is 36.4 Å². The maximum absolute atomic E-state index is 12.1. The molecule has 0 radical (unpaired) electrons. The van der Waals surface area contributed by atoms with Crippen LogP contribution in [0.15, 0.2) is 71.1 Å². The standard InChI is InChI=1S/C34H43NO5Si/c1-7-37-32(36)21-27-12-8-9-14-31(27)38-23-25-18-28-20-29(15-16-39-41(5,6)34(2,3)4)40-33(28)30(19-25)26-13-10-11-24(17-26)22-35/h8-14,17-20H,7,15-16,21-23,35H2,1-6H3. The van der Waals surface area contributed by atoms with E-state index in [9.17, 15) is 4.79 Å². The van der Waals surface area contributed by atoms with Gasteiger partial charge >= 0.3 is 5.97 Å². The number of rotatable bonds is 12. The maximum Gasteiger partial charge on any atom is 0.310 e. The van der Waals surface area contributed by atoms with Crippen molar-refractivity contribution in [1.82, 2.24) is 0 Å². The Labute approximate surface area is 244 Å². The van der Waals surface area contributed by atoms with Crippen LogP contribution in [0.4, 0.5) is 0 Å². The van der Waals surface area contributed by atoms with Crippen molar-refractivity contribution >= 4 is 25.3 Å². The zero-order chi connectivity index (χ0) is 29.6. The summed E-state index contributed by atoms with van der Waals surface area (Å²) >= 11 is 0. The number of ether oxygens (including phenoxy) is 2. The maximum atomic E-state index is 12.1. The van der Waals surface area contributed by atoms with Gasteiger partial charge in [0.05, 0.1) is 13.0 Å². The summed E-state index contributed by atoms with van der Waals surface area (Å²) in [5.41, 5.74) is 11.7. The largest absolute Gasteiger partial charge is 0.489 e. The topological polar surface area (TPSA) is 83.9 Å². The summed E-state index contributed by atoms with van der Waals surface area (Å²) in [6, 6.07) is 22.2. The fourth-order valence-corrected chi connectivity index (χ4v) is 5.54. The lowest BCUT2D eigenvalue weighted by atomic mass is 9.99. The number of nitrogens with two attached hydrogens (primary N) is 1. The number of hydrogen-bond donors (Lipinski definition) is 1. The highest BCUT2D eigenvalue weighted by Gasteiger charge is 2.37. The first-order chi connectivity index (χ1) is 19.5. The van der Waals surface area contributed by atoms with Crippen LogP contribution in [0.25, 0.3) is 22.1 Å². The van der Waals surface area contributed by atoms with E-state index in [1.54, 1.807) is 6.92 Å². The number of benzene rings is 3. The van der Waals surface area contributed by atoms with Crippen molar-refractivity contribution in [2.24, 2.45) is 5.73 Å². The van der Waals surface area contributed by atoms with Crippen LogP contribution >= 0.6 is 0 Å². The second-order valence-corrected chi connectivity index (χ2v) is 16.7. The predicted octanol–water partition coefficient (Wildman–Crippen LogP) is 7.81. The lowest BCUT2D eigenvalue weighted by Gasteiger charge is -2.36. The zero-order valence-corrected chi connectivity index (χ0v) is 26.2. The van der Waals surface area contributed by atoms with Gasteiger partial charge in [0.25, 0.3) is 0 Å². The molecule has 0 saturated carbocycles. The molecule has 4 rings (SSSR count). The first-order valence-electron chi connectivity index (χ1n) is 14.4. The molecule has 4 aromatic rings. The molecule has 0 spiro atoms. The molecule has 1 aromatic heterocycles. The molecule has 0 aliphatic heterocycles. The Morgan fingerprint density at radius 3 is 2.49 bits per heavy atom. The Kier molecular flexibility index (Phi) is 9.74. The normalized spacial score (nSPS) is 12.1. The molecular formula is C34H43NO5Si. The number of fused-ring (bicyclic) bond motifs is 1. The molecule has 0 amide bonds. The summed E-state index contributed by atoms with van der Waals surface area (Å²) in [5, 5.41) is 1.17. The number of hydrogen-bond acceptors (Lipinski definition) is 6. The van der Waals surface area contributed by atoms with E-state index in [-0.39, 0.29) is 17.4 Å². The fourth-order valence-electron chi connectivity index (χ4n) is 4.50. The Morgan fingerprint density at radius 1 is 0.976 bits per heavy atom. The molecule has 0 bridgehead atoms. The van der Waals surface area contributed by atoms with E-state index < -0.39 is 8.32 Å². The quantitative estimate of drug-likeness (QED) is 0.137. The van der Waals surface area contributed by atoms with E-state index in [1.165, 1.54) is 0 Å². The highest BCUT2D eigenvalue weighted by molar-refractivity contribution is 6.74. The van der Waals surface area contributed by atoms with E-state index in [0.717, 1.165) is 44.5 Å². The molecule has 3 aromatic carbocycles. The summed E-state index contributed by atoms with van der Waals surface area (Å²) in [7, 11) is -1.84. The molecule has 0 saturated heterocycles. The molecule has 1 heterocycles. The molecule has 2 N–H and O–H groups in total. The zero-order valence-electron chi connectivity index (χ0n) is 25.2. The van der Waals surface area contributed by atoms with Gasteiger partial charge in [0.2, 0.25) is 0 Å². The minimum absolute atomic E-state index is 0.159. The minimum atomic E-state index is -1.84. The van der Waals surface area contributed by atoms with Crippen molar-refractivity contribution in [1.29, 1.82) is 0 Å². The first-order valence-corrected chi connectivity index (χ1v) is 17.3. The van der Waals surface area contributed by atoms with Crippen molar-refractivity contribution in [3.63, 3.8) is 0 Å². The smallest absolute Gasteiger partial charge is 0.310 e. The average molecular weight is 574 g/mol. The van der Waals surface area contributed by atoms with Gasteiger partial charge in [-0.3, -0.25) is 4.79 Å². The van der Waals surface area contributed by atoms with E-state index >= 15 is 0 Å². The second kappa shape index (κ2) is 13.1. The summed E-state index contributed by atoms with van der Waals surface area (Å²) in [6.45, 7) is 14.9. The molecule has 0 aliphatic carbocycles. The van der Waals surface area contributed by atoms with Crippen LogP contribution in [-0.4, -0.2) is 27.5 Å².